The van der Waals surface area contributed by atoms with E-state index < -0.39 is 11.6 Å². The molecule has 4 heteroatoms. The predicted molar refractivity (Wildman–Crippen MR) is 127 cm³/mol. The van der Waals surface area contributed by atoms with Gasteiger partial charge in [-0.25, -0.2) is 4.79 Å². The second kappa shape index (κ2) is 9.65. The second-order valence-electron chi connectivity index (χ2n) is 11.5. The topological polar surface area (TPSA) is 60.4 Å². The highest BCUT2D eigenvalue weighted by Crippen LogP contribution is 2.59. The molecular formula is C28H42O4. The van der Waals surface area contributed by atoms with Crippen molar-refractivity contribution in [3.05, 3.63) is 23.8 Å². The largest absolute Gasteiger partial charge is 0.448 e. The zero-order valence-corrected chi connectivity index (χ0v) is 20.9. The van der Waals surface area contributed by atoms with E-state index in [4.69, 9.17) is 4.74 Å². The SMILES string of the molecule is CC(C)[C@@H](C)CC[C@H](C)[C@H]1CC[C@H]2/C(=C/C(=O)O[C@]3(C)CCC=CC3=O)C(=O)CC[C@]12C. The van der Waals surface area contributed by atoms with Crippen molar-refractivity contribution < 1.29 is 19.1 Å². The minimum Gasteiger partial charge on any atom is -0.448 e. The first-order valence-corrected chi connectivity index (χ1v) is 12.7. The highest BCUT2D eigenvalue weighted by molar-refractivity contribution is 6.03. The van der Waals surface area contributed by atoms with Crippen molar-refractivity contribution in [3.63, 3.8) is 0 Å². The Labute approximate surface area is 194 Å². The van der Waals surface area contributed by atoms with E-state index in [0.717, 1.165) is 25.2 Å². The van der Waals surface area contributed by atoms with Gasteiger partial charge in [0, 0.05) is 18.1 Å². The van der Waals surface area contributed by atoms with Gasteiger partial charge in [-0.3, -0.25) is 9.59 Å². The lowest BCUT2D eigenvalue weighted by atomic mass is 9.60. The maximum absolute atomic E-state index is 12.9. The Bertz CT molecular complexity index is 806. The Hall–Kier alpha value is -1.71. The Morgan fingerprint density at radius 3 is 2.50 bits per heavy atom. The van der Waals surface area contributed by atoms with Crippen molar-refractivity contribution >= 4 is 17.5 Å². The van der Waals surface area contributed by atoms with Gasteiger partial charge >= 0.3 is 5.97 Å². The number of rotatable bonds is 7. The normalized spacial score (nSPS) is 35.8. The zero-order valence-electron chi connectivity index (χ0n) is 20.9. The lowest BCUT2D eigenvalue weighted by Crippen LogP contribution is -2.41. The highest BCUT2D eigenvalue weighted by atomic mass is 16.6. The van der Waals surface area contributed by atoms with Gasteiger partial charge in [-0.2, -0.15) is 0 Å². The van der Waals surface area contributed by atoms with Crippen LogP contribution in [0.1, 0.15) is 92.9 Å². The molecule has 0 amide bonds. The molecule has 0 saturated heterocycles. The first kappa shape index (κ1) is 24.9. The Kier molecular flexibility index (Phi) is 7.51. The predicted octanol–water partition coefficient (Wildman–Crippen LogP) is 6.24. The molecule has 0 N–H and O–H groups in total. The summed E-state index contributed by atoms with van der Waals surface area (Å²) in [6, 6.07) is 0. The minimum absolute atomic E-state index is 0.0494. The van der Waals surface area contributed by atoms with Crippen molar-refractivity contribution in [1.29, 1.82) is 0 Å². The molecule has 3 rings (SSSR count). The number of esters is 1. The number of Topliss-reactive ketones (excluding diaryl/α,β-unsaturated/α-hetero) is 1. The van der Waals surface area contributed by atoms with Gasteiger partial charge in [0.25, 0.3) is 0 Å². The molecule has 0 aromatic heterocycles. The molecule has 0 bridgehead atoms. The molecule has 6 atom stereocenters. The number of hydrogen-bond donors (Lipinski definition) is 0. The van der Waals surface area contributed by atoms with Crippen molar-refractivity contribution in [2.24, 2.45) is 35.0 Å². The van der Waals surface area contributed by atoms with Crippen LogP contribution in [0.2, 0.25) is 0 Å². The van der Waals surface area contributed by atoms with E-state index in [2.05, 4.69) is 34.6 Å². The van der Waals surface area contributed by atoms with E-state index in [-0.39, 0.29) is 22.9 Å². The average molecular weight is 443 g/mol. The molecule has 0 radical (unpaired) electrons. The summed E-state index contributed by atoms with van der Waals surface area (Å²) >= 11 is 0. The molecule has 0 heterocycles. The number of ether oxygens (including phenoxy) is 1. The van der Waals surface area contributed by atoms with Gasteiger partial charge in [0.15, 0.2) is 17.2 Å². The smallest absolute Gasteiger partial charge is 0.332 e. The molecule has 0 unspecified atom stereocenters. The quantitative estimate of drug-likeness (QED) is 0.346. The molecule has 0 aliphatic heterocycles. The van der Waals surface area contributed by atoms with Gasteiger partial charge < -0.3 is 4.74 Å². The van der Waals surface area contributed by atoms with Crippen molar-refractivity contribution in [3.8, 4) is 0 Å². The number of carbonyl (C=O) groups excluding carboxylic acids is 3. The summed E-state index contributed by atoms with van der Waals surface area (Å²) in [6.07, 6.45) is 11.9. The summed E-state index contributed by atoms with van der Waals surface area (Å²) in [7, 11) is 0. The van der Waals surface area contributed by atoms with Gasteiger partial charge in [0.05, 0.1) is 0 Å². The van der Waals surface area contributed by atoms with Gasteiger partial charge in [-0.15, -0.1) is 0 Å². The molecule has 0 aromatic carbocycles. The lowest BCUT2D eigenvalue weighted by Gasteiger charge is -2.44. The zero-order chi connectivity index (χ0) is 23.7. The molecule has 32 heavy (non-hydrogen) atoms. The molecule has 0 aromatic rings. The molecule has 3 aliphatic carbocycles. The molecular weight excluding hydrogens is 400 g/mol. The molecule has 3 aliphatic rings. The van der Waals surface area contributed by atoms with Gasteiger partial charge in [0.2, 0.25) is 0 Å². The fourth-order valence-corrected chi connectivity index (χ4v) is 6.36. The number of ketones is 2. The van der Waals surface area contributed by atoms with Crippen LogP contribution in [0.5, 0.6) is 0 Å². The third-order valence-corrected chi connectivity index (χ3v) is 9.08. The summed E-state index contributed by atoms with van der Waals surface area (Å²) in [5, 5.41) is 0. The van der Waals surface area contributed by atoms with Crippen LogP contribution in [0.4, 0.5) is 0 Å². The van der Waals surface area contributed by atoms with Crippen LogP contribution in [-0.2, 0) is 19.1 Å². The van der Waals surface area contributed by atoms with Crippen molar-refractivity contribution in [2.45, 2.75) is 98.5 Å². The summed E-state index contributed by atoms with van der Waals surface area (Å²) in [6.45, 7) is 13.3. The Morgan fingerprint density at radius 2 is 1.84 bits per heavy atom. The van der Waals surface area contributed by atoms with Crippen LogP contribution in [0.3, 0.4) is 0 Å². The third kappa shape index (κ3) is 4.94. The first-order valence-electron chi connectivity index (χ1n) is 12.7. The molecule has 2 saturated carbocycles. The number of carbonyl (C=O) groups is 3. The van der Waals surface area contributed by atoms with Crippen LogP contribution in [0.25, 0.3) is 0 Å². The van der Waals surface area contributed by atoms with Crippen LogP contribution in [0, 0.1) is 35.0 Å². The van der Waals surface area contributed by atoms with Crippen LogP contribution in [-0.4, -0.2) is 23.1 Å². The fourth-order valence-electron chi connectivity index (χ4n) is 6.36. The van der Waals surface area contributed by atoms with E-state index in [1.807, 2.05) is 6.08 Å². The van der Waals surface area contributed by atoms with E-state index in [0.29, 0.717) is 42.6 Å². The minimum atomic E-state index is -1.12. The van der Waals surface area contributed by atoms with Crippen LogP contribution in [0.15, 0.2) is 23.8 Å². The van der Waals surface area contributed by atoms with Gasteiger partial charge in [-0.05, 0) is 80.1 Å². The molecule has 0 spiro atoms. The highest BCUT2D eigenvalue weighted by Gasteiger charge is 2.53. The van der Waals surface area contributed by atoms with E-state index in [9.17, 15) is 14.4 Å². The maximum atomic E-state index is 12.9. The monoisotopic (exact) mass is 442 g/mol. The van der Waals surface area contributed by atoms with E-state index in [1.54, 1.807) is 6.92 Å². The Balaban J connectivity index is 1.74. The number of fused-ring (bicyclic) bond motifs is 1. The third-order valence-electron chi connectivity index (χ3n) is 9.08. The fraction of sp³-hybridized carbons (Fsp3) is 0.750. The van der Waals surface area contributed by atoms with Crippen molar-refractivity contribution in [1.82, 2.24) is 0 Å². The van der Waals surface area contributed by atoms with Gasteiger partial charge in [-0.1, -0.05) is 53.5 Å². The lowest BCUT2D eigenvalue weighted by molar-refractivity contribution is -0.160. The number of allylic oxidation sites excluding steroid dienone is 2. The summed E-state index contributed by atoms with van der Waals surface area (Å²) in [5.41, 5.74) is -0.436. The summed E-state index contributed by atoms with van der Waals surface area (Å²) in [4.78, 5) is 37.9. The Morgan fingerprint density at radius 1 is 1.12 bits per heavy atom. The van der Waals surface area contributed by atoms with Crippen molar-refractivity contribution in [2.75, 3.05) is 0 Å². The van der Waals surface area contributed by atoms with Crippen LogP contribution < -0.4 is 0 Å². The summed E-state index contributed by atoms with van der Waals surface area (Å²) < 4.78 is 5.62. The second-order valence-corrected chi connectivity index (χ2v) is 11.5. The van der Waals surface area contributed by atoms with E-state index in [1.165, 1.54) is 25.0 Å². The molecule has 178 valence electrons. The standard InChI is InChI=1S/C28H42O4/c1-18(2)19(3)10-11-20(4)22-12-13-23-21(24(29)14-16-27(22,23)5)17-26(31)32-28(6)15-8-7-9-25(28)30/h7,9,17-20,22-23H,8,10-16H2,1-6H3/b21-17-/t19-,20-,22+,23-,27+,28+/m0/s1. The number of hydrogen-bond acceptors (Lipinski definition) is 4. The maximum Gasteiger partial charge on any atom is 0.332 e. The average Bonchev–Trinajstić information content (AvgIpc) is 3.08. The van der Waals surface area contributed by atoms with E-state index >= 15 is 0 Å². The molecule has 2 fully saturated rings. The van der Waals surface area contributed by atoms with Crippen LogP contribution >= 0.6 is 0 Å². The molecule has 4 nitrogen and oxygen atoms in total. The first-order chi connectivity index (χ1) is 15.0. The van der Waals surface area contributed by atoms with Gasteiger partial charge in [0.1, 0.15) is 0 Å². The summed E-state index contributed by atoms with van der Waals surface area (Å²) in [5.74, 6) is 2.06.